The molecule has 1 heterocycles. The van der Waals surface area contributed by atoms with E-state index in [4.69, 9.17) is 16.3 Å². The zero-order chi connectivity index (χ0) is 15.2. The van der Waals surface area contributed by atoms with E-state index in [1.165, 1.54) is 30.5 Å². The third-order valence-corrected chi connectivity index (χ3v) is 4.66. The fourth-order valence-electron chi connectivity index (χ4n) is 3.18. The molecule has 1 N–H and O–H groups in total. The van der Waals surface area contributed by atoms with Gasteiger partial charge in [-0.15, -0.1) is 0 Å². The van der Waals surface area contributed by atoms with E-state index in [2.05, 4.69) is 42.3 Å². The monoisotopic (exact) mass is 310 g/mol. The molecule has 0 aliphatic carbocycles. The molecule has 2 atom stereocenters. The van der Waals surface area contributed by atoms with Gasteiger partial charge >= 0.3 is 0 Å². The Labute approximate surface area is 133 Å². The Morgan fingerprint density at radius 2 is 2.19 bits per heavy atom. The molecular weight excluding hydrogens is 284 g/mol. The normalized spacial score (nSPS) is 22.0. The molecular formula is C17H27ClN2O. The van der Waals surface area contributed by atoms with E-state index >= 15 is 0 Å². The van der Waals surface area contributed by atoms with Crippen LogP contribution in [-0.4, -0.2) is 32.3 Å². The Hall–Kier alpha value is -0.770. The van der Waals surface area contributed by atoms with Crippen LogP contribution >= 0.6 is 11.6 Å². The lowest BCUT2D eigenvalue weighted by molar-refractivity contribution is 0.199. The van der Waals surface area contributed by atoms with Gasteiger partial charge in [0.15, 0.2) is 0 Å². The van der Waals surface area contributed by atoms with E-state index in [9.17, 15) is 0 Å². The van der Waals surface area contributed by atoms with Crippen LogP contribution in [0.15, 0.2) is 18.2 Å². The summed E-state index contributed by atoms with van der Waals surface area (Å²) < 4.78 is 5.03. The summed E-state index contributed by atoms with van der Waals surface area (Å²) in [6.07, 6.45) is 3.71. The van der Waals surface area contributed by atoms with E-state index < -0.39 is 0 Å². The lowest BCUT2D eigenvalue weighted by Gasteiger charge is -2.31. The minimum atomic E-state index is 0.582. The van der Waals surface area contributed by atoms with Crippen LogP contribution in [0.3, 0.4) is 0 Å². The highest BCUT2D eigenvalue weighted by molar-refractivity contribution is 6.33. The molecule has 0 spiro atoms. The minimum absolute atomic E-state index is 0.582. The molecule has 4 heteroatoms. The van der Waals surface area contributed by atoms with Crippen molar-refractivity contribution in [3.63, 3.8) is 0 Å². The zero-order valence-electron chi connectivity index (χ0n) is 13.4. The second-order valence-electron chi connectivity index (χ2n) is 5.85. The molecule has 1 fully saturated rings. The van der Waals surface area contributed by atoms with Crippen molar-refractivity contribution in [2.75, 3.05) is 25.2 Å². The van der Waals surface area contributed by atoms with Gasteiger partial charge in [0.25, 0.3) is 0 Å². The first kappa shape index (κ1) is 16.6. The van der Waals surface area contributed by atoms with Crippen molar-refractivity contribution in [2.24, 2.45) is 0 Å². The third kappa shape index (κ3) is 4.12. The van der Waals surface area contributed by atoms with Crippen LogP contribution < -0.4 is 10.2 Å². The maximum atomic E-state index is 6.54. The van der Waals surface area contributed by atoms with Crippen LogP contribution in [-0.2, 0) is 11.3 Å². The lowest BCUT2D eigenvalue weighted by Crippen LogP contribution is -2.34. The molecule has 0 saturated carbocycles. The Balaban J connectivity index is 2.04. The van der Waals surface area contributed by atoms with Crippen molar-refractivity contribution >= 4 is 17.3 Å². The highest BCUT2D eigenvalue weighted by Crippen LogP contribution is 2.36. The number of hydrogen-bond donors (Lipinski definition) is 1. The predicted molar refractivity (Wildman–Crippen MR) is 90.3 cm³/mol. The predicted octanol–water partition coefficient (Wildman–Crippen LogP) is 3.84. The first-order valence-corrected chi connectivity index (χ1v) is 8.31. The molecule has 0 radical (unpaired) electrons. The van der Waals surface area contributed by atoms with E-state index in [0.29, 0.717) is 12.1 Å². The maximum absolute atomic E-state index is 6.54. The first-order valence-electron chi connectivity index (χ1n) is 7.93. The third-order valence-electron chi connectivity index (χ3n) is 4.36. The largest absolute Gasteiger partial charge is 0.383 e. The van der Waals surface area contributed by atoms with Crippen molar-refractivity contribution in [2.45, 2.75) is 51.7 Å². The van der Waals surface area contributed by atoms with Gasteiger partial charge in [0.1, 0.15) is 0 Å². The molecule has 1 saturated heterocycles. The maximum Gasteiger partial charge on any atom is 0.0642 e. The average molecular weight is 311 g/mol. The Kier molecular flexibility index (Phi) is 6.34. The summed E-state index contributed by atoms with van der Waals surface area (Å²) in [5.41, 5.74) is 2.41. The summed E-state index contributed by atoms with van der Waals surface area (Å²) in [5.74, 6) is 0. The number of halogens is 1. The molecule has 2 unspecified atom stereocenters. The number of hydrogen-bond acceptors (Lipinski definition) is 3. The summed E-state index contributed by atoms with van der Waals surface area (Å²) in [6, 6.07) is 7.66. The van der Waals surface area contributed by atoms with Gasteiger partial charge in [0.05, 0.1) is 17.3 Å². The Morgan fingerprint density at radius 1 is 1.38 bits per heavy atom. The second-order valence-corrected chi connectivity index (χ2v) is 6.26. The summed E-state index contributed by atoms with van der Waals surface area (Å²) in [4.78, 5) is 2.50. The van der Waals surface area contributed by atoms with Crippen molar-refractivity contribution in [1.82, 2.24) is 5.32 Å². The molecule has 0 amide bonds. The summed E-state index contributed by atoms with van der Waals surface area (Å²) in [5, 5.41) is 4.22. The SMILES string of the molecule is CCC1CCC(C)N1c1ccc(CNCCOC)cc1Cl. The molecule has 0 aromatic heterocycles. The number of nitrogens with one attached hydrogen (secondary N) is 1. The summed E-state index contributed by atoms with van der Waals surface area (Å²) >= 11 is 6.54. The van der Waals surface area contributed by atoms with E-state index in [1.54, 1.807) is 7.11 Å². The van der Waals surface area contributed by atoms with E-state index in [1.807, 2.05) is 0 Å². The van der Waals surface area contributed by atoms with Gasteiger partial charge < -0.3 is 15.0 Å². The van der Waals surface area contributed by atoms with Gasteiger partial charge in [-0.1, -0.05) is 24.6 Å². The molecule has 3 nitrogen and oxygen atoms in total. The van der Waals surface area contributed by atoms with Crippen molar-refractivity contribution in [3.8, 4) is 0 Å². The Bertz CT molecular complexity index is 452. The molecule has 1 aliphatic rings. The molecule has 21 heavy (non-hydrogen) atoms. The van der Waals surface area contributed by atoms with Crippen LogP contribution in [0.5, 0.6) is 0 Å². The van der Waals surface area contributed by atoms with Crippen LogP contribution in [0, 0.1) is 0 Å². The number of methoxy groups -OCH3 is 1. The van der Waals surface area contributed by atoms with Gasteiger partial charge in [-0.3, -0.25) is 0 Å². The highest BCUT2D eigenvalue weighted by atomic mass is 35.5. The molecule has 1 aromatic rings. The molecule has 1 aromatic carbocycles. The van der Waals surface area contributed by atoms with Gasteiger partial charge in [-0.05, 0) is 43.9 Å². The summed E-state index contributed by atoms with van der Waals surface area (Å²) in [6.45, 7) is 6.98. The lowest BCUT2D eigenvalue weighted by atomic mass is 10.1. The summed E-state index contributed by atoms with van der Waals surface area (Å²) in [7, 11) is 1.72. The quantitative estimate of drug-likeness (QED) is 0.774. The second kappa shape index (κ2) is 8.02. The van der Waals surface area contributed by atoms with Crippen LogP contribution in [0.4, 0.5) is 5.69 Å². The van der Waals surface area contributed by atoms with Gasteiger partial charge in [-0.25, -0.2) is 0 Å². The number of ether oxygens (including phenoxy) is 1. The standard InChI is InChI=1S/C17H27ClN2O/c1-4-15-7-5-13(2)20(15)17-8-6-14(11-16(17)18)12-19-9-10-21-3/h6,8,11,13,15,19H,4-5,7,9-10,12H2,1-3H3. The average Bonchev–Trinajstić information content (AvgIpc) is 2.85. The Morgan fingerprint density at radius 3 is 2.86 bits per heavy atom. The van der Waals surface area contributed by atoms with Gasteiger partial charge in [-0.2, -0.15) is 0 Å². The van der Waals surface area contributed by atoms with E-state index in [-0.39, 0.29) is 0 Å². The molecule has 1 aliphatic heterocycles. The zero-order valence-corrected chi connectivity index (χ0v) is 14.1. The topological polar surface area (TPSA) is 24.5 Å². The number of rotatable bonds is 7. The van der Waals surface area contributed by atoms with Crippen molar-refractivity contribution < 1.29 is 4.74 Å². The minimum Gasteiger partial charge on any atom is -0.383 e. The van der Waals surface area contributed by atoms with Gasteiger partial charge in [0.2, 0.25) is 0 Å². The highest BCUT2D eigenvalue weighted by Gasteiger charge is 2.30. The van der Waals surface area contributed by atoms with Gasteiger partial charge in [0, 0.05) is 32.3 Å². The fraction of sp³-hybridized carbons (Fsp3) is 0.647. The van der Waals surface area contributed by atoms with Crippen molar-refractivity contribution in [1.29, 1.82) is 0 Å². The van der Waals surface area contributed by atoms with Crippen molar-refractivity contribution in [3.05, 3.63) is 28.8 Å². The van der Waals surface area contributed by atoms with Crippen LogP contribution in [0.25, 0.3) is 0 Å². The first-order chi connectivity index (χ1) is 10.2. The van der Waals surface area contributed by atoms with Crippen LogP contribution in [0.1, 0.15) is 38.7 Å². The van der Waals surface area contributed by atoms with Crippen LogP contribution in [0.2, 0.25) is 5.02 Å². The number of benzene rings is 1. The fourth-order valence-corrected chi connectivity index (χ4v) is 3.48. The number of nitrogens with zero attached hydrogens (tertiary/aromatic N) is 1. The molecule has 0 bridgehead atoms. The smallest absolute Gasteiger partial charge is 0.0642 e. The molecule has 2 rings (SSSR count). The molecule has 118 valence electrons. The number of anilines is 1. The van der Waals surface area contributed by atoms with E-state index in [0.717, 1.165) is 24.7 Å².